The smallest absolute Gasteiger partial charge is 0.0776 e. The summed E-state index contributed by atoms with van der Waals surface area (Å²) in [4.78, 5) is 0. The van der Waals surface area contributed by atoms with Crippen LogP contribution in [0.4, 0.5) is 0 Å². The summed E-state index contributed by atoms with van der Waals surface area (Å²) < 4.78 is 0. The van der Waals surface area contributed by atoms with Gasteiger partial charge in [0.2, 0.25) is 0 Å². The van der Waals surface area contributed by atoms with Crippen LogP contribution < -0.4 is 0 Å². The number of hydrogen-bond donors (Lipinski definition) is 2. The number of hydrogen-bond acceptors (Lipinski definition) is 2. The quantitative estimate of drug-likeness (QED) is 0.832. The zero-order chi connectivity index (χ0) is 11.4. The fourth-order valence-corrected chi connectivity index (χ4v) is 2.06. The molecule has 0 spiro atoms. The van der Waals surface area contributed by atoms with Crippen LogP contribution in [0.3, 0.4) is 0 Å². The summed E-state index contributed by atoms with van der Waals surface area (Å²) in [5.74, 6) is 0.153. The standard InChI is InChI=1S/C12H17ClO2/c1-8-3-4-11(12(13)5-8)9(2)6-10(15)7-14/h3-5,9-10,14-15H,6-7H2,1-2H3. The lowest BCUT2D eigenvalue weighted by Crippen LogP contribution is -2.15. The lowest BCUT2D eigenvalue weighted by Gasteiger charge is -2.16. The molecule has 84 valence electrons. The molecule has 1 aromatic rings. The van der Waals surface area contributed by atoms with Crippen molar-refractivity contribution in [2.24, 2.45) is 0 Å². The van der Waals surface area contributed by atoms with Crippen LogP contribution in [0.1, 0.15) is 30.4 Å². The molecule has 0 radical (unpaired) electrons. The molecule has 1 rings (SSSR count). The molecule has 1 aromatic carbocycles. The number of halogens is 1. The molecule has 0 fully saturated rings. The van der Waals surface area contributed by atoms with Gasteiger partial charge in [0.15, 0.2) is 0 Å². The highest BCUT2D eigenvalue weighted by atomic mass is 35.5. The van der Waals surface area contributed by atoms with Gasteiger partial charge in [-0.1, -0.05) is 30.7 Å². The Bertz CT molecular complexity index is 325. The highest BCUT2D eigenvalue weighted by Gasteiger charge is 2.13. The second-order valence-electron chi connectivity index (χ2n) is 4.00. The van der Waals surface area contributed by atoms with Crippen molar-refractivity contribution in [3.63, 3.8) is 0 Å². The molecule has 15 heavy (non-hydrogen) atoms. The van der Waals surface area contributed by atoms with E-state index in [-0.39, 0.29) is 12.5 Å². The third kappa shape index (κ3) is 3.49. The van der Waals surface area contributed by atoms with Gasteiger partial charge in [-0.15, -0.1) is 0 Å². The van der Waals surface area contributed by atoms with Gasteiger partial charge in [-0.3, -0.25) is 0 Å². The van der Waals surface area contributed by atoms with Gasteiger partial charge in [-0.05, 0) is 36.5 Å². The Labute approximate surface area is 95.5 Å². The second kappa shape index (κ2) is 5.50. The average molecular weight is 229 g/mol. The summed E-state index contributed by atoms with van der Waals surface area (Å²) in [6, 6.07) is 5.90. The van der Waals surface area contributed by atoms with Gasteiger partial charge in [-0.2, -0.15) is 0 Å². The third-order valence-electron chi connectivity index (χ3n) is 2.52. The van der Waals surface area contributed by atoms with E-state index in [2.05, 4.69) is 0 Å². The van der Waals surface area contributed by atoms with Crippen molar-refractivity contribution in [1.82, 2.24) is 0 Å². The van der Waals surface area contributed by atoms with Gasteiger partial charge in [0.25, 0.3) is 0 Å². The van der Waals surface area contributed by atoms with Crippen LogP contribution in [0.25, 0.3) is 0 Å². The van der Waals surface area contributed by atoms with E-state index in [0.29, 0.717) is 6.42 Å². The summed E-state index contributed by atoms with van der Waals surface area (Å²) in [6.07, 6.45) is -0.142. The zero-order valence-corrected chi connectivity index (χ0v) is 9.83. The van der Waals surface area contributed by atoms with Gasteiger partial charge in [-0.25, -0.2) is 0 Å². The SMILES string of the molecule is Cc1ccc(C(C)CC(O)CO)c(Cl)c1. The van der Waals surface area contributed by atoms with Crippen molar-refractivity contribution in [2.45, 2.75) is 32.3 Å². The van der Waals surface area contributed by atoms with Crippen molar-refractivity contribution in [1.29, 1.82) is 0 Å². The van der Waals surface area contributed by atoms with Crippen LogP contribution in [-0.4, -0.2) is 22.9 Å². The Morgan fingerprint density at radius 3 is 2.60 bits per heavy atom. The van der Waals surface area contributed by atoms with Crippen molar-refractivity contribution in [3.05, 3.63) is 34.3 Å². The summed E-state index contributed by atoms with van der Waals surface area (Å²) in [5.41, 5.74) is 2.15. The summed E-state index contributed by atoms with van der Waals surface area (Å²) in [7, 11) is 0. The van der Waals surface area contributed by atoms with E-state index >= 15 is 0 Å². The molecule has 0 amide bonds. The fourth-order valence-electron chi connectivity index (χ4n) is 1.64. The molecule has 3 heteroatoms. The van der Waals surface area contributed by atoms with Crippen LogP contribution in [0.5, 0.6) is 0 Å². The van der Waals surface area contributed by atoms with Crippen LogP contribution in [0.15, 0.2) is 18.2 Å². The molecule has 0 saturated heterocycles. The van der Waals surface area contributed by atoms with Crippen LogP contribution >= 0.6 is 11.6 Å². The molecule has 2 N–H and O–H groups in total. The number of aryl methyl sites for hydroxylation is 1. The number of aliphatic hydroxyl groups is 2. The number of rotatable bonds is 4. The number of aliphatic hydroxyl groups excluding tert-OH is 2. The number of benzene rings is 1. The Balaban J connectivity index is 2.77. The van der Waals surface area contributed by atoms with Gasteiger partial charge in [0.1, 0.15) is 0 Å². The van der Waals surface area contributed by atoms with E-state index in [9.17, 15) is 5.11 Å². The molecule has 2 atom stereocenters. The minimum absolute atomic E-state index is 0.153. The molecule has 0 aliphatic carbocycles. The normalized spacial score (nSPS) is 15.0. The lowest BCUT2D eigenvalue weighted by atomic mass is 9.94. The largest absolute Gasteiger partial charge is 0.394 e. The van der Waals surface area contributed by atoms with E-state index in [1.165, 1.54) is 0 Å². The van der Waals surface area contributed by atoms with E-state index in [1.807, 2.05) is 32.0 Å². The lowest BCUT2D eigenvalue weighted by molar-refractivity contribution is 0.0835. The van der Waals surface area contributed by atoms with E-state index < -0.39 is 6.10 Å². The first kappa shape index (κ1) is 12.5. The first-order valence-electron chi connectivity index (χ1n) is 5.09. The maximum absolute atomic E-state index is 9.34. The predicted octanol–water partition coefficient (Wildman–Crippen LogP) is 2.50. The monoisotopic (exact) mass is 228 g/mol. The maximum atomic E-state index is 9.34. The summed E-state index contributed by atoms with van der Waals surface area (Å²) in [5, 5.41) is 18.8. The predicted molar refractivity (Wildman–Crippen MR) is 62.3 cm³/mol. The van der Waals surface area contributed by atoms with Crippen molar-refractivity contribution in [3.8, 4) is 0 Å². The molecular formula is C12H17ClO2. The van der Waals surface area contributed by atoms with Gasteiger partial charge < -0.3 is 10.2 Å². The van der Waals surface area contributed by atoms with Crippen LogP contribution in [0.2, 0.25) is 5.02 Å². The topological polar surface area (TPSA) is 40.5 Å². The second-order valence-corrected chi connectivity index (χ2v) is 4.41. The molecule has 2 nitrogen and oxygen atoms in total. The van der Waals surface area contributed by atoms with Crippen molar-refractivity contribution >= 4 is 11.6 Å². The van der Waals surface area contributed by atoms with Crippen molar-refractivity contribution < 1.29 is 10.2 Å². The van der Waals surface area contributed by atoms with Gasteiger partial charge in [0, 0.05) is 5.02 Å². The molecule has 0 bridgehead atoms. The molecule has 0 aliphatic heterocycles. The molecular weight excluding hydrogens is 212 g/mol. The van der Waals surface area contributed by atoms with Gasteiger partial charge in [0.05, 0.1) is 12.7 Å². The van der Waals surface area contributed by atoms with E-state index in [0.717, 1.165) is 16.1 Å². The highest BCUT2D eigenvalue weighted by Crippen LogP contribution is 2.28. The minimum Gasteiger partial charge on any atom is -0.394 e. The van der Waals surface area contributed by atoms with E-state index in [1.54, 1.807) is 0 Å². The Morgan fingerprint density at radius 1 is 1.40 bits per heavy atom. The van der Waals surface area contributed by atoms with E-state index in [4.69, 9.17) is 16.7 Å². The molecule has 0 saturated carbocycles. The zero-order valence-electron chi connectivity index (χ0n) is 9.07. The molecule has 0 aromatic heterocycles. The minimum atomic E-state index is -0.669. The average Bonchev–Trinajstić information content (AvgIpc) is 2.17. The summed E-state index contributed by atoms with van der Waals surface area (Å²) >= 11 is 6.11. The highest BCUT2D eigenvalue weighted by molar-refractivity contribution is 6.31. The third-order valence-corrected chi connectivity index (χ3v) is 2.85. The molecule has 0 heterocycles. The molecule has 2 unspecified atom stereocenters. The molecule has 0 aliphatic rings. The fraction of sp³-hybridized carbons (Fsp3) is 0.500. The maximum Gasteiger partial charge on any atom is 0.0776 e. The van der Waals surface area contributed by atoms with Crippen molar-refractivity contribution in [2.75, 3.05) is 6.61 Å². The first-order valence-corrected chi connectivity index (χ1v) is 5.47. The first-order chi connectivity index (χ1) is 7.04. The van der Waals surface area contributed by atoms with Gasteiger partial charge >= 0.3 is 0 Å². The summed E-state index contributed by atoms with van der Waals surface area (Å²) in [6.45, 7) is 3.78. The van der Waals surface area contributed by atoms with Crippen LogP contribution in [0, 0.1) is 6.92 Å². The Hall–Kier alpha value is -0.570. The Kier molecular flexibility index (Phi) is 4.58. The van der Waals surface area contributed by atoms with Crippen LogP contribution in [-0.2, 0) is 0 Å². The Morgan fingerprint density at radius 2 is 2.07 bits per heavy atom.